The predicted molar refractivity (Wildman–Crippen MR) is 75.9 cm³/mol. The zero-order valence-corrected chi connectivity index (χ0v) is 11.0. The monoisotopic (exact) mass is 257 g/mol. The molecule has 100 valence electrons. The number of amides is 1. The van der Waals surface area contributed by atoms with Crippen molar-refractivity contribution < 1.29 is 4.79 Å². The summed E-state index contributed by atoms with van der Waals surface area (Å²) in [7, 11) is 0. The third kappa shape index (κ3) is 2.78. The minimum atomic E-state index is 0.0733. The van der Waals surface area contributed by atoms with Crippen LogP contribution in [0.5, 0.6) is 0 Å². The highest BCUT2D eigenvalue weighted by molar-refractivity contribution is 5.99. The summed E-state index contributed by atoms with van der Waals surface area (Å²) in [6.07, 6.45) is 6.85. The van der Waals surface area contributed by atoms with Gasteiger partial charge in [-0.15, -0.1) is 0 Å². The van der Waals surface area contributed by atoms with Crippen LogP contribution >= 0.6 is 0 Å². The molecule has 4 nitrogen and oxygen atoms in total. The van der Waals surface area contributed by atoms with Gasteiger partial charge in [0.05, 0.1) is 5.52 Å². The van der Waals surface area contributed by atoms with Crippen LogP contribution in [0.2, 0.25) is 0 Å². The van der Waals surface area contributed by atoms with E-state index in [1.165, 1.54) is 25.7 Å². The molecule has 0 aliphatic heterocycles. The maximum Gasteiger partial charge on any atom is 0.225 e. The highest BCUT2D eigenvalue weighted by Crippen LogP contribution is 2.28. The van der Waals surface area contributed by atoms with Crippen LogP contribution in [0.15, 0.2) is 24.3 Å². The Kier molecular flexibility index (Phi) is 3.49. The van der Waals surface area contributed by atoms with Crippen LogP contribution < -0.4 is 5.32 Å². The van der Waals surface area contributed by atoms with E-state index in [0.717, 1.165) is 23.2 Å². The van der Waals surface area contributed by atoms with Crippen molar-refractivity contribution in [3.05, 3.63) is 24.3 Å². The smallest absolute Gasteiger partial charge is 0.225 e. The number of aromatic amines is 1. The number of carbonyl (C=O) groups excluding carboxylic acids is 1. The second-order valence-corrected chi connectivity index (χ2v) is 5.36. The van der Waals surface area contributed by atoms with E-state index in [0.29, 0.717) is 12.2 Å². The minimum absolute atomic E-state index is 0.0733. The molecule has 0 unspecified atom stereocenters. The fourth-order valence-corrected chi connectivity index (χ4v) is 2.89. The van der Waals surface area contributed by atoms with Crippen LogP contribution in [0.1, 0.15) is 38.5 Å². The number of para-hydroxylation sites is 1. The summed E-state index contributed by atoms with van der Waals surface area (Å²) in [4.78, 5) is 11.9. The molecule has 2 aromatic rings. The minimum Gasteiger partial charge on any atom is -0.309 e. The molecule has 0 saturated heterocycles. The second-order valence-electron chi connectivity index (χ2n) is 5.36. The summed E-state index contributed by atoms with van der Waals surface area (Å²) in [5.74, 6) is 1.47. The molecule has 0 spiro atoms. The molecule has 1 aliphatic rings. The summed E-state index contributed by atoms with van der Waals surface area (Å²) >= 11 is 0. The Bertz CT molecular complexity index is 570. The van der Waals surface area contributed by atoms with Crippen molar-refractivity contribution in [2.45, 2.75) is 38.5 Å². The Labute approximate surface area is 112 Å². The third-order valence-electron chi connectivity index (χ3n) is 3.98. The Morgan fingerprint density at radius 2 is 2.11 bits per heavy atom. The average Bonchev–Trinajstić information content (AvgIpc) is 3.07. The number of hydrogen-bond acceptors (Lipinski definition) is 2. The molecule has 1 aromatic carbocycles. The van der Waals surface area contributed by atoms with E-state index in [-0.39, 0.29) is 5.91 Å². The zero-order valence-electron chi connectivity index (χ0n) is 11.0. The highest BCUT2D eigenvalue weighted by atomic mass is 16.1. The molecule has 0 radical (unpaired) electrons. The topological polar surface area (TPSA) is 57.8 Å². The van der Waals surface area contributed by atoms with Gasteiger partial charge in [-0.05, 0) is 24.5 Å². The number of carbonyl (C=O) groups is 1. The van der Waals surface area contributed by atoms with Crippen molar-refractivity contribution >= 4 is 22.6 Å². The van der Waals surface area contributed by atoms with Crippen molar-refractivity contribution in [3.8, 4) is 0 Å². The maximum absolute atomic E-state index is 11.9. The van der Waals surface area contributed by atoms with Gasteiger partial charge in [0.15, 0.2) is 5.82 Å². The van der Waals surface area contributed by atoms with E-state index < -0.39 is 0 Å². The zero-order chi connectivity index (χ0) is 13.1. The molecular weight excluding hydrogens is 238 g/mol. The van der Waals surface area contributed by atoms with Gasteiger partial charge in [0.25, 0.3) is 0 Å². The SMILES string of the molecule is O=C(CCC1CCCC1)Nc1n[nH]c2ccccc12. The van der Waals surface area contributed by atoms with Gasteiger partial charge in [0, 0.05) is 11.8 Å². The van der Waals surface area contributed by atoms with E-state index in [9.17, 15) is 4.79 Å². The number of H-pyrrole nitrogens is 1. The molecule has 1 aliphatic carbocycles. The molecule has 3 rings (SSSR count). The van der Waals surface area contributed by atoms with Crippen LogP contribution in [0, 0.1) is 5.92 Å². The van der Waals surface area contributed by atoms with Crippen LogP contribution in [-0.4, -0.2) is 16.1 Å². The van der Waals surface area contributed by atoms with E-state index in [1.54, 1.807) is 0 Å². The van der Waals surface area contributed by atoms with Gasteiger partial charge in [0.1, 0.15) is 0 Å². The maximum atomic E-state index is 11.9. The lowest BCUT2D eigenvalue weighted by Crippen LogP contribution is -2.13. The molecule has 1 heterocycles. The number of hydrogen-bond donors (Lipinski definition) is 2. The lowest BCUT2D eigenvalue weighted by atomic mass is 10.0. The number of nitrogens with one attached hydrogen (secondary N) is 2. The van der Waals surface area contributed by atoms with E-state index in [4.69, 9.17) is 0 Å². The average molecular weight is 257 g/mol. The van der Waals surface area contributed by atoms with Crippen LogP contribution in [0.4, 0.5) is 5.82 Å². The van der Waals surface area contributed by atoms with Crippen LogP contribution in [0.25, 0.3) is 10.9 Å². The van der Waals surface area contributed by atoms with Gasteiger partial charge >= 0.3 is 0 Å². The molecule has 0 bridgehead atoms. The summed E-state index contributed by atoms with van der Waals surface area (Å²) in [5, 5.41) is 11.0. The second kappa shape index (κ2) is 5.43. The van der Waals surface area contributed by atoms with Gasteiger partial charge in [-0.2, -0.15) is 5.10 Å². The van der Waals surface area contributed by atoms with Crippen LogP contribution in [0.3, 0.4) is 0 Å². The van der Waals surface area contributed by atoms with Crippen molar-refractivity contribution in [2.75, 3.05) is 5.32 Å². The molecule has 1 saturated carbocycles. The van der Waals surface area contributed by atoms with Gasteiger partial charge < -0.3 is 5.32 Å². The molecule has 19 heavy (non-hydrogen) atoms. The number of fused-ring (bicyclic) bond motifs is 1. The first-order valence-corrected chi connectivity index (χ1v) is 7.06. The number of aromatic nitrogens is 2. The first-order chi connectivity index (χ1) is 9.33. The van der Waals surface area contributed by atoms with Gasteiger partial charge in [-0.3, -0.25) is 9.89 Å². The Hall–Kier alpha value is -1.84. The molecule has 0 atom stereocenters. The molecule has 1 aromatic heterocycles. The first kappa shape index (κ1) is 12.2. The molecule has 2 N–H and O–H groups in total. The number of nitrogens with zero attached hydrogens (tertiary/aromatic N) is 1. The standard InChI is InChI=1S/C15H19N3O/c19-14(10-9-11-5-1-2-6-11)16-15-12-7-3-4-8-13(12)17-18-15/h3-4,7-8,11H,1-2,5-6,9-10H2,(H2,16,17,18,19). The Balaban J connectivity index is 1.59. The molecule has 1 fully saturated rings. The summed E-state index contributed by atoms with van der Waals surface area (Å²) in [6, 6.07) is 7.82. The summed E-state index contributed by atoms with van der Waals surface area (Å²) in [5.41, 5.74) is 0.952. The van der Waals surface area contributed by atoms with Gasteiger partial charge in [-0.1, -0.05) is 37.8 Å². The van der Waals surface area contributed by atoms with Gasteiger partial charge in [0.2, 0.25) is 5.91 Å². The fourth-order valence-electron chi connectivity index (χ4n) is 2.89. The number of benzene rings is 1. The Morgan fingerprint density at radius 3 is 2.95 bits per heavy atom. The van der Waals surface area contributed by atoms with E-state index in [1.807, 2.05) is 24.3 Å². The lowest BCUT2D eigenvalue weighted by molar-refractivity contribution is -0.116. The summed E-state index contributed by atoms with van der Waals surface area (Å²) < 4.78 is 0. The summed E-state index contributed by atoms with van der Waals surface area (Å²) in [6.45, 7) is 0. The fraction of sp³-hybridized carbons (Fsp3) is 0.467. The normalized spacial score (nSPS) is 16.0. The number of rotatable bonds is 4. The highest BCUT2D eigenvalue weighted by Gasteiger charge is 2.16. The largest absolute Gasteiger partial charge is 0.309 e. The molecule has 1 amide bonds. The van der Waals surface area contributed by atoms with Crippen LogP contribution in [-0.2, 0) is 4.79 Å². The van der Waals surface area contributed by atoms with Crippen molar-refractivity contribution in [3.63, 3.8) is 0 Å². The van der Waals surface area contributed by atoms with Gasteiger partial charge in [-0.25, -0.2) is 0 Å². The van der Waals surface area contributed by atoms with Crippen molar-refractivity contribution in [1.82, 2.24) is 10.2 Å². The molecular formula is C15H19N3O. The van der Waals surface area contributed by atoms with Crippen molar-refractivity contribution in [2.24, 2.45) is 5.92 Å². The van der Waals surface area contributed by atoms with E-state index in [2.05, 4.69) is 15.5 Å². The lowest BCUT2D eigenvalue weighted by Gasteiger charge is -2.07. The van der Waals surface area contributed by atoms with Crippen molar-refractivity contribution in [1.29, 1.82) is 0 Å². The van der Waals surface area contributed by atoms with E-state index >= 15 is 0 Å². The predicted octanol–water partition coefficient (Wildman–Crippen LogP) is 3.47. The number of anilines is 1. The Morgan fingerprint density at radius 1 is 1.32 bits per heavy atom. The molecule has 4 heteroatoms. The quantitative estimate of drug-likeness (QED) is 0.881. The first-order valence-electron chi connectivity index (χ1n) is 7.06. The third-order valence-corrected chi connectivity index (χ3v) is 3.98.